The van der Waals surface area contributed by atoms with Crippen molar-refractivity contribution in [3.8, 4) is 5.75 Å². The number of nitrogens with one attached hydrogen (secondary N) is 1. The number of carbonyl (C=O) groups excluding carboxylic acids is 1. The number of nitrogens with zero attached hydrogens (tertiary/aromatic N) is 2. The van der Waals surface area contributed by atoms with E-state index >= 15 is 0 Å². The van der Waals surface area contributed by atoms with Gasteiger partial charge in [0.1, 0.15) is 17.3 Å². The second-order valence-corrected chi connectivity index (χ2v) is 7.47. The van der Waals surface area contributed by atoms with Crippen LogP contribution in [0.3, 0.4) is 0 Å². The van der Waals surface area contributed by atoms with Gasteiger partial charge >= 0.3 is 6.18 Å². The van der Waals surface area contributed by atoms with Crippen molar-refractivity contribution in [3.63, 3.8) is 0 Å². The van der Waals surface area contributed by atoms with E-state index in [9.17, 15) is 18.0 Å². The minimum Gasteiger partial charge on any atom is -0.493 e. The number of rotatable bonds is 7. The van der Waals surface area contributed by atoms with Crippen molar-refractivity contribution in [2.45, 2.75) is 38.3 Å². The van der Waals surface area contributed by atoms with E-state index in [1.165, 1.54) is 0 Å². The maximum absolute atomic E-state index is 13.2. The number of ether oxygens (including phenoxy) is 1. The van der Waals surface area contributed by atoms with Crippen LogP contribution in [0.15, 0.2) is 42.5 Å². The first-order valence-corrected chi connectivity index (χ1v) is 10.2. The van der Waals surface area contributed by atoms with Crippen LogP contribution >= 0.6 is 0 Å². The Morgan fingerprint density at radius 1 is 1.16 bits per heavy atom. The van der Waals surface area contributed by atoms with Gasteiger partial charge in [-0.1, -0.05) is 30.3 Å². The zero-order valence-corrected chi connectivity index (χ0v) is 17.0. The van der Waals surface area contributed by atoms with E-state index in [2.05, 4.69) is 15.3 Å². The Kier molecular flexibility index (Phi) is 5.80. The summed E-state index contributed by atoms with van der Waals surface area (Å²) in [7, 11) is 0. The lowest BCUT2D eigenvalue weighted by atomic mass is 10.0. The van der Waals surface area contributed by atoms with E-state index in [0.29, 0.717) is 23.6 Å². The molecule has 0 atom stereocenters. The molecule has 31 heavy (non-hydrogen) atoms. The molecule has 2 aromatic carbocycles. The van der Waals surface area contributed by atoms with Crippen molar-refractivity contribution in [2.24, 2.45) is 0 Å². The largest absolute Gasteiger partial charge is 0.493 e. The van der Waals surface area contributed by atoms with Gasteiger partial charge in [0.05, 0.1) is 12.2 Å². The number of benzene rings is 2. The van der Waals surface area contributed by atoms with Gasteiger partial charge in [-0.3, -0.25) is 4.79 Å². The molecule has 162 valence electrons. The third-order valence-electron chi connectivity index (χ3n) is 5.13. The summed E-state index contributed by atoms with van der Waals surface area (Å²) in [5, 5.41) is 4.42. The van der Waals surface area contributed by atoms with E-state index in [4.69, 9.17) is 4.74 Å². The SMILES string of the molecule is CCOc1ccc2ccccc2c1C(=O)NCCc1nc(C2CC2)cc(C(F)(F)F)n1. The Balaban J connectivity index is 1.53. The number of hydrogen-bond donors (Lipinski definition) is 1. The summed E-state index contributed by atoms with van der Waals surface area (Å²) < 4.78 is 45.2. The number of alkyl halides is 3. The number of aromatic nitrogens is 2. The van der Waals surface area contributed by atoms with E-state index < -0.39 is 11.9 Å². The molecule has 0 spiro atoms. The minimum atomic E-state index is -4.53. The van der Waals surface area contributed by atoms with Gasteiger partial charge < -0.3 is 10.1 Å². The number of fused-ring (bicyclic) bond motifs is 1. The predicted molar refractivity (Wildman–Crippen MR) is 110 cm³/mol. The lowest BCUT2D eigenvalue weighted by Crippen LogP contribution is -2.27. The molecule has 3 aromatic rings. The maximum Gasteiger partial charge on any atom is 0.433 e. The predicted octanol–water partition coefficient (Wildman–Crippen LogP) is 4.90. The summed E-state index contributed by atoms with van der Waals surface area (Å²) in [4.78, 5) is 20.9. The molecule has 1 amide bonds. The summed E-state index contributed by atoms with van der Waals surface area (Å²) in [6.07, 6.45) is -2.75. The van der Waals surface area contributed by atoms with Crippen LogP contribution in [0.4, 0.5) is 13.2 Å². The van der Waals surface area contributed by atoms with Crippen LogP contribution in [0, 0.1) is 0 Å². The highest BCUT2D eigenvalue weighted by Crippen LogP contribution is 2.40. The first-order chi connectivity index (χ1) is 14.9. The first-order valence-electron chi connectivity index (χ1n) is 10.2. The lowest BCUT2D eigenvalue weighted by Gasteiger charge is -2.14. The third kappa shape index (κ3) is 4.78. The molecule has 1 aliphatic carbocycles. The average Bonchev–Trinajstić information content (AvgIpc) is 3.58. The van der Waals surface area contributed by atoms with Gasteiger partial charge in [-0.15, -0.1) is 0 Å². The number of amides is 1. The molecular weight excluding hydrogens is 407 g/mol. The summed E-state index contributed by atoms with van der Waals surface area (Å²) in [5.41, 5.74) is -0.0988. The van der Waals surface area contributed by atoms with Crippen molar-refractivity contribution < 1.29 is 22.7 Å². The van der Waals surface area contributed by atoms with Crippen LogP contribution in [-0.2, 0) is 12.6 Å². The van der Waals surface area contributed by atoms with Gasteiger partial charge in [0.15, 0.2) is 0 Å². The van der Waals surface area contributed by atoms with Crippen LogP contribution in [-0.4, -0.2) is 29.0 Å². The monoisotopic (exact) mass is 429 g/mol. The highest BCUT2D eigenvalue weighted by atomic mass is 19.4. The molecule has 0 aliphatic heterocycles. The van der Waals surface area contributed by atoms with Crippen LogP contribution < -0.4 is 10.1 Å². The van der Waals surface area contributed by atoms with Gasteiger partial charge in [-0.25, -0.2) is 9.97 Å². The smallest absolute Gasteiger partial charge is 0.433 e. The number of halogens is 3. The zero-order valence-electron chi connectivity index (χ0n) is 17.0. The second-order valence-electron chi connectivity index (χ2n) is 7.47. The molecule has 1 aromatic heterocycles. The van der Waals surface area contributed by atoms with Crippen molar-refractivity contribution in [1.82, 2.24) is 15.3 Å². The summed E-state index contributed by atoms with van der Waals surface area (Å²) in [6.45, 7) is 2.35. The van der Waals surface area contributed by atoms with E-state index in [1.54, 1.807) is 6.07 Å². The van der Waals surface area contributed by atoms with Gasteiger partial charge in [0, 0.05) is 24.6 Å². The molecular formula is C23H22F3N3O2. The Bertz CT molecular complexity index is 1110. The first kappa shape index (κ1) is 21.1. The summed E-state index contributed by atoms with van der Waals surface area (Å²) in [5.74, 6) is 0.265. The zero-order chi connectivity index (χ0) is 22.0. The van der Waals surface area contributed by atoms with Gasteiger partial charge in [-0.05, 0) is 42.7 Å². The molecule has 1 N–H and O–H groups in total. The van der Waals surface area contributed by atoms with Gasteiger partial charge in [-0.2, -0.15) is 13.2 Å². The fraction of sp³-hybridized carbons (Fsp3) is 0.348. The fourth-order valence-electron chi connectivity index (χ4n) is 3.50. The average molecular weight is 429 g/mol. The topological polar surface area (TPSA) is 64.1 Å². The van der Waals surface area contributed by atoms with Crippen molar-refractivity contribution in [2.75, 3.05) is 13.2 Å². The van der Waals surface area contributed by atoms with E-state index in [1.807, 2.05) is 37.3 Å². The highest BCUT2D eigenvalue weighted by molar-refractivity contribution is 6.09. The molecule has 1 aliphatic rings. The fourth-order valence-corrected chi connectivity index (χ4v) is 3.50. The van der Waals surface area contributed by atoms with Gasteiger partial charge in [0.25, 0.3) is 5.91 Å². The lowest BCUT2D eigenvalue weighted by molar-refractivity contribution is -0.141. The molecule has 1 saturated carbocycles. The van der Waals surface area contributed by atoms with Gasteiger partial charge in [0.2, 0.25) is 0 Å². The summed E-state index contributed by atoms with van der Waals surface area (Å²) in [6, 6.07) is 12.1. The Labute approximate surface area is 177 Å². The quantitative estimate of drug-likeness (QED) is 0.580. The van der Waals surface area contributed by atoms with Crippen LogP contribution in [0.1, 0.15) is 53.3 Å². The van der Waals surface area contributed by atoms with Crippen LogP contribution in [0.25, 0.3) is 10.8 Å². The molecule has 0 unspecified atom stereocenters. The van der Waals surface area contributed by atoms with Crippen molar-refractivity contribution in [3.05, 3.63) is 65.2 Å². The third-order valence-corrected chi connectivity index (χ3v) is 5.13. The van der Waals surface area contributed by atoms with Crippen LogP contribution in [0.5, 0.6) is 5.75 Å². The molecule has 4 rings (SSSR count). The molecule has 0 bridgehead atoms. The highest BCUT2D eigenvalue weighted by Gasteiger charge is 2.35. The summed E-state index contributed by atoms with van der Waals surface area (Å²) >= 11 is 0. The maximum atomic E-state index is 13.2. The molecule has 1 fully saturated rings. The van der Waals surface area contributed by atoms with E-state index in [0.717, 1.165) is 29.7 Å². The van der Waals surface area contributed by atoms with Crippen molar-refractivity contribution in [1.29, 1.82) is 0 Å². The minimum absolute atomic E-state index is 0.0712. The number of carbonyl (C=O) groups is 1. The van der Waals surface area contributed by atoms with Crippen LogP contribution in [0.2, 0.25) is 0 Å². The molecule has 1 heterocycles. The Morgan fingerprint density at radius 3 is 2.65 bits per heavy atom. The Hall–Kier alpha value is -3.16. The second kappa shape index (κ2) is 8.53. The molecule has 5 nitrogen and oxygen atoms in total. The molecule has 0 radical (unpaired) electrons. The van der Waals surface area contributed by atoms with Crippen molar-refractivity contribution >= 4 is 16.7 Å². The molecule has 0 saturated heterocycles. The standard InChI is InChI=1S/C23H22F3N3O2/c1-2-31-18-10-9-14-5-3-4-6-16(14)21(18)22(30)27-12-11-20-28-17(15-7-8-15)13-19(29-20)23(24,25)26/h3-6,9-10,13,15H,2,7-8,11-12H2,1H3,(H,27,30). The molecule has 8 heteroatoms. The normalized spacial score (nSPS) is 13.9. The van der Waals surface area contributed by atoms with E-state index in [-0.39, 0.29) is 30.6 Å². The number of hydrogen-bond acceptors (Lipinski definition) is 4. The Morgan fingerprint density at radius 2 is 1.94 bits per heavy atom.